The van der Waals surface area contributed by atoms with Crippen molar-refractivity contribution in [1.29, 1.82) is 0 Å². The Hall–Kier alpha value is -1.14. The Balaban J connectivity index is 2.85. The van der Waals surface area contributed by atoms with Crippen LogP contribution >= 0.6 is 15.9 Å². The van der Waals surface area contributed by atoms with Crippen molar-refractivity contribution in [3.8, 4) is 0 Å². The minimum atomic E-state index is -0.385. The highest BCUT2D eigenvalue weighted by Gasteiger charge is 2.15. The largest absolute Gasteiger partial charge is 0.383 e. The van der Waals surface area contributed by atoms with Gasteiger partial charge in [0.25, 0.3) is 5.69 Å². The lowest BCUT2D eigenvalue weighted by atomic mass is 10.1. The van der Waals surface area contributed by atoms with Gasteiger partial charge in [0, 0.05) is 34.4 Å². The molecule has 0 saturated carbocycles. The van der Waals surface area contributed by atoms with E-state index in [1.165, 1.54) is 6.07 Å². The summed E-state index contributed by atoms with van der Waals surface area (Å²) in [6.07, 6.45) is 0. The summed E-state index contributed by atoms with van der Waals surface area (Å²) in [4.78, 5) is 10.4. The fourth-order valence-corrected chi connectivity index (χ4v) is 1.94. The van der Waals surface area contributed by atoms with Crippen molar-refractivity contribution in [3.63, 3.8) is 0 Å². The number of rotatable bonds is 5. The predicted octanol–water partition coefficient (Wildman–Crippen LogP) is 3.06. The Morgan fingerprint density at radius 1 is 1.50 bits per heavy atom. The van der Waals surface area contributed by atoms with Gasteiger partial charge < -0.3 is 11.1 Å². The monoisotopic (exact) mass is 315 g/mol. The number of aryl methyl sites for hydroxylation is 1. The van der Waals surface area contributed by atoms with Gasteiger partial charge in [0.05, 0.1) is 4.92 Å². The summed E-state index contributed by atoms with van der Waals surface area (Å²) in [5, 5.41) is 14.0. The molecule has 0 saturated heterocycles. The normalized spacial score (nSPS) is 12.6. The molecule has 6 heteroatoms. The van der Waals surface area contributed by atoms with Crippen molar-refractivity contribution in [2.45, 2.75) is 26.8 Å². The number of anilines is 1. The van der Waals surface area contributed by atoms with Crippen molar-refractivity contribution in [2.75, 3.05) is 11.9 Å². The quantitative estimate of drug-likeness (QED) is 0.646. The summed E-state index contributed by atoms with van der Waals surface area (Å²) in [5.41, 5.74) is 7.51. The number of benzene rings is 1. The minimum Gasteiger partial charge on any atom is -0.383 e. The van der Waals surface area contributed by atoms with E-state index in [9.17, 15) is 10.1 Å². The highest BCUT2D eigenvalue weighted by atomic mass is 79.9. The van der Waals surface area contributed by atoms with Crippen molar-refractivity contribution < 1.29 is 4.92 Å². The molecule has 1 atom stereocenters. The first-order chi connectivity index (χ1) is 8.32. The van der Waals surface area contributed by atoms with Gasteiger partial charge in [0.1, 0.15) is 0 Å². The second-order valence-electron chi connectivity index (χ2n) is 4.66. The van der Waals surface area contributed by atoms with Crippen LogP contribution in [0, 0.1) is 23.0 Å². The lowest BCUT2D eigenvalue weighted by Gasteiger charge is -2.18. The third-order valence-electron chi connectivity index (χ3n) is 2.87. The van der Waals surface area contributed by atoms with Crippen LogP contribution in [0.4, 0.5) is 11.4 Å². The number of nitro benzene ring substituents is 1. The molecule has 0 fully saturated rings. The van der Waals surface area contributed by atoms with Crippen LogP contribution in [0.15, 0.2) is 16.6 Å². The summed E-state index contributed by atoms with van der Waals surface area (Å²) < 4.78 is 0.677. The zero-order valence-electron chi connectivity index (χ0n) is 10.7. The Morgan fingerprint density at radius 3 is 2.61 bits per heavy atom. The van der Waals surface area contributed by atoms with Gasteiger partial charge in [-0.2, -0.15) is 0 Å². The van der Waals surface area contributed by atoms with Crippen molar-refractivity contribution >= 4 is 27.3 Å². The van der Waals surface area contributed by atoms with E-state index in [4.69, 9.17) is 5.73 Å². The van der Waals surface area contributed by atoms with Crippen LogP contribution in [0.3, 0.4) is 0 Å². The van der Waals surface area contributed by atoms with Gasteiger partial charge in [0.15, 0.2) is 0 Å². The lowest BCUT2D eigenvalue weighted by Crippen LogP contribution is -2.34. The Bertz CT molecular complexity index is 449. The van der Waals surface area contributed by atoms with Crippen LogP contribution < -0.4 is 11.1 Å². The van der Waals surface area contributed by atoms with Gasteiger partial charge in [0.2, 0.25) is 0 Å². The van der Waals surface area contributed by atoms with Gasteiger partial charge >= 0.3 is 0 Å². The molecule has 1 aromatic rings. The maximum absolute atomic E-state index is 10.8. The van der Waals surface area contributed by atoms with E-state index < -0.39 is 0 Å². The standard InChI is InChI=1S/C12H18BrN3O2/c1-7(2)10(14)6-15-11-4-8(3)12(16(17)18)5-9(11)13/h4-5,7,10,15H,6,14H2,1-3H3. The summed E-state index contributed by atoms with van der Waals surface area (Å²) in [6, 6.07) is 3.32. The third-order valence-corrected chi connectivity index (χ3v) is 3.52. The average Bonchev–Trinajstić information content (AvgIpc) is 2.28. The topological polar surface area (TPSA) is 81.2 Å². The molecule has 0 radical (unpaired) electrons. The van der Waals surface area contributed by atoms with E-state index in [1.807, 2.05) is 0 Å². The summed E-state index contributed by atoms with van der Waals surface area (Å²) in [5.74, 6) is 0.385. The first-order valence-electron chi connectivity index (χ1n) is 5.77. The predicted molar refractivity (Wildman–Crippen MR) is 76.8 cm³/mol. The Morgan fingerprint density at radius 2 is 2.11 bits per heavy atom. The molecule has 1 unspecified atom stereocenters. The fourth-order valence-electron chi connectivity index (χ4n) is 1.47. The summed E-state index contributed by atoms with van der Waals surface area (Å²) >= 11 is 3.33. The maximum atomic E-state index is 10.8. The SMILES string of the molecule is Cc1cc(NCC(N)C(C)C)c(Br)cc1[N+](=O)[O-]. The van der Waals surface area contributed by atoms with E-state index in [0.717, 1.165) is 5.69 Å². The minimum absolute atomic E-state index is 0.0485. The van der Waals surface area contributed by atoms with E-state index >= 15 is 0 Å². The second kappa shape index (κ2) is 6.15. The molecule has 5 nitrogen and oxygen atoms in total. The zero-order chi connectivity index (χ0) is 13.9. The Labute approximate surface area is 115 Å². The number of nitrogens with two attached hydrogens (primary N) is 1. The molecule has 1 aromatic carbocycles. The molecule has 0 aliphatic carbocycles. The average molecular weight is 316 g/mol. The smallest absolute Gasteiger partial charge is 0.273 e. The van der Waals surface area contributed by atoms with E-state index in [0.29, 0.717) is 22.5 Å². The van der Waals surface area contributed by atoms with E-state index in [1.54, 1.807) is 13.0 Å². The third kappa shape index (κ3) is 3.68. The summed E-state index contributed by atoms with van der Waals surface area (Å²) in [6.45, 7) is 6.47. The number of halogens is 1. The first-order valence-corrected chi connectivity index (χ1v) is 6.56. The molecule has 100 valence electrons. The van der Waals surface area contributed by atoms with Crippen molar-refractivity contribution in [2.24, 2.45) is 11.7 Å². The molecule has 0 heterocycles. The molecular weight excluding hydrogens is 298 g/mol. The molecule has 3 N–H and O–H groups in total. The molecule has 1 rings (SSSR count). The molecule has 0 aromatic heterocycles. The molecule has 0 bridgehead atoms. The molecule has 0 amide bonds. The van der Waals surface area contributed by atoms with Gasteiger partial charge in [-0.3, -0.25) is 10.1 Å². The molecule has 0 spiro atoms. The number of hydrogen-bond donors (Lipinski definition) is 2. The van der Waals surface area contributed by atoms with Crippen LogP contribution in [0.2, 0.25) is 0 Å². The highest BCUT2D eigenvalue weighted by molar-refractivity contribution is 9.10. The van der Waals surface area contributed by atoms with E-state index in [-0.39, 0.29) is 16.7 Å². The van der Waals surface area contributed by atoms with Crippen LogP contribution in [0.25, 0.3) is 0 Å². The van der Waals surface area contributed by atoms with Crippen LogP contribution in [0.1, 0.15) is 19.4 Å². The number of nitrogens with zero attached hydrogens (tertiary/aromatic N) is 1. The van der Waals surface area contributed by atoms with Gasteiger partial charge in [-0.05, 0) is 34.8 Å². The van der Waals surface area contributed by atoms with Gasteiger partial charge in [-0.1, -0.05) is 13.8 Å². The van der Waals surface area contributed by atoms with Crippen LogP contribution in [-0.2, 0) is 0 Å². The molecular formula is C12H18BrN3O2. The molecule has 0 aliphatic heterocycles. The summed E-state index contributed by atoms with van der Waals surface area (Å²) in [7, 11) is 0. The van der Waals surface area contributed by atoms with Crippen LogP contribution in [0.5, 0.6) is 0 Å². The van der Waals surface area contributed by atoms with Gasteiger partial charge in [-0.15, -0.1) is 0 Å². The van der Waals surface area contributed by atoms with Crippen molar-refractivity contribution in [3.05, 3.63) is 32.3 Å². The van der Waals surface area contributed by atoms with Crippen molar-refractivity contribution in [1.82, 2.24) is 0 Å². The molecule has 18 heavy (non-hydrogen) atoms. The maximum Gasteiger partial charge on any atom is 0.273 e. The molecule has 0 aliphatic rings. The zero-order valence-corrected chi connectivity index (χ0v) is 12.3. The fraction of sp³-hybridized carbons (Fsp3) is 0.500. The Kier molecular flexibility index (Phi) is 5.10. The number of nitrogens with one attached hydrogen (secondary N) is 1. The highest BCUT2D eigenvalue weighted by Crippen LogP contribution is 2.30. The van der Waals surface area contributed by atoms with Crippen LogP contribution in [-0.4, -0.2) is 17.5 Å². The number of hydrogen-bond acceptors (Lipinski definition) is 4. The lowest BCUT2D eigenvalue weighted by molar-refractivity contribution is -0.385. The van der Waals surface area contributed by atoms with Gasteiger partial charge in [-0.25, -0.2) is 0 Å². The number of nitro groups is 1. The second-order valence-corrected chi connectivity index (χ2v) is 5.52. The van der Waals surface area contributed by atoms with E-state index in [2.05, 4.69) is 35.1 Å². The first kappa shape index (κ1) is 14.9.